The fourth-order valence-corrected chi connectivity index (χ4v) is 10.1. The Morgan fingerprint density at radius 3 is 1.39 bits per heavy atom. The average Bonchev–Trinajstić information content (AvgIpc) is 3.97. The lowest BCUT2D eigenvalue weighted by Crippen LogP contribution is -2.41. The molecular weight excluding hydrogens is 1070 g/mol. The summed E-state index contributed by atoms with van der Waals surface area (Å²) >= 11 is 24.8. The lowest BCUT2D eigenvalue weighted by Gasteiger charge is -2.29. The Bertz CT molecular complexity index is 2540. The van der Waals surface area contributed by atoms with Crippen molar-refractivity contribution in [3.05, 3.63) is 138 Å². The van der Waals surface area contributed by atoms with Crippen LogP contribution in [0.15, 0.2) is 72.8 Å². The van der Waals surface area contributed by atoms with Crippen molar-refractivity contribution in [2.24, 2.45) is 0 Å². The predicted molar refractivity (Wildman–Crippen MR) is 282 cm³/mol. The number of hydrogen-bond acceptors (Lipinski definition) is 8. The molecule has 4 aromatic carbocycles. The maximum absolute atomic E-state index is 14.2. The summed E-state index contributed by atoms with van der Waals surface area (Å²) in [5, 5.41) is 4.84. The lowest BCUT2D eigenvalue weighted by atomic mass is 9.93. The van der Waals surface area contributed by atoms with Gasteiger partial charge in [0.25, 0.3) is 0 Å². The number of carbonyl (C=O) groups excluding carboxylic acids is 2. The molecule has 4 aromatic rings. The standard InChI is InChI=1S/C27H34Cl2F4N4O.C26H32Cl2F4N4O/c1-34(2)10-5-11-35(3)17-26(38)37-15-20(19-7-9-22(28)23(29)13-19)25(16-37)36(4)14-18-6-8-21(24(30)12-18)27(31,32)33;1-34(2)10-4-9-33-13-25(37)36-15-19(18-6-8-21(27)22(28)12-18)24(16-36)35(3)14-17-5-7-20(23(29)11-17)26(30,31)32/h6-9,12-13,20,25H,5,10-11,14-17H2,1-4H3;5-8,11-12,19,24,33H,4,9-10,13-16H2,1-3H3. The molecule has 2 fully saturated rings. The monoisotopic (exact) mass is 1140 g/mol. The summed E-state index contributed by atoms with van der Waals surface area (Å²) in [4.78, 5) is 39.8. The first-order chi connectivity index (χ1) is 35.1. The van der Waals surface area contributed by atoms with Crippen LogP contribution in [-0.4, -0.2) is 173 Å². The van der Waals surface area contributed by atoms with E-state index >= 15 is 0 Å². The zero-order chi connectivity index (χ0) is 55.5. The summed E-state index contributed by atoms with van der Waals surface area (Å²) in [7, 11) is 13.6. The molecule has 6 rings (SSSR count). The van der Waals surface area contributed by atoms with E-state index in [-0.39, 0.29) is 61.9 Å². The molecule has 0 bridgehead atoms. The van der Waals surface area contributed by atoms with Crippen LogP contribution in [0.5, 0.6) is 0 Å². The largest absolute Gasteiger partial charge is 0.419 e. The number of nitrogens with zero attached hydrogens (tertiary/aromatic N) is 7. The molecule has 414 valence electrons. The van der Waals surface area contributed by atoms with E-state index in [1.807, 2.05) is 81.1 Å². The van der Waals surface area contributed by atoms with Gasteiger partial charge in [0.15, 0.2) is 0 Å². The maximum atomic E-state index is 14.2. The summed E-state index contributed by atoms with van der Waals surface area (Å²) in [5.74, 6) is -2.87. The van der Waals surface area contributed by atoms with Crippen LogP contribution in [0.4, 0.5) is 35.1 Å². The first kappa shape index (κ1) is 62.0. The second kappa shape index (κ2) is 27.7. The van der Waals surface area contributed by atoms with Crippen molar-refractivity contribution in [1.29, 1.82) is 0 Å². The Hall–Kier alpha value is -3.82. The summed E-state index contributed by atoms with van der Waals surface area (Å²) in [5.41, 5.74) is 0.0568. The van der Waals surface area contributed by atoms with Crippen molar-refractivity contribution >= 4 is 58.2 Å². The molecule has 0 aliphatic carbocycles. The van der Waals surface area contributed by atoms with Gasteiger partial charge in [0.05, 0.1) is 44.3 Å². The Morgan fingerprint density at radius 2 is 0.987 bits per heavy atom. The Labute approximate surface area is 455 Å². The topological polar surface area (TPSA) is 68.8 Å². The van der Waals surface area contributed by atoms with Crippen LogP contribution in [0.2, 0.25) is 20.1 Å². The highest BCUT2D eigenvalue weighted by Gasteiger charge is 2.41. The fourth-order valence-electron chi connectivity index (χ4n) is 9.49. The smallest absolute Gasteiger partial charge is 0.339 e. The van der Waals surface area contributed by atoms with Gasteiger partial charge in [-0.1, -0.05) is 70.7 Å². The number of likely N-dealkylation sites (tertiary alicyclic amines) is 2. The number of rotatable bonds is 20. The highest BCUT2D eigenvalue weighted by Crippen LogP contribution is 2.38. The molecular formula is C53H66Cl4F8N8O2. The van der Waals surface area contributed by atoms with Crippen LogP contribution in [0.25, 0.3) is 0 Å². The molecule has 22 heteroatoms. The highest BCUT2D eigenvalue weighted by molar-refractivity contribution is 6.42. The summed E-state index contributed by atoms with van der Waals surface area (Å²) in [6, 6.07) is 16.3. The molecule has 0 radical (unpaired) electrons. The van der Waals surface area contributed by atoms with Gasteiger partial charge in [0.1, 0.15) is 11.6 Å². The first-order valence-electron chi connectivity index (χ1n) is 24.4. The summed E-state index contributed by atoms with van der Waals surface area (Å²) < 4.78 is 106. The van der Waals surface area contributed by atoms with Crippen LogP contribution in [0.3, 0.4) is 0 Å². The summed E-state index contributed by atoms with van der Waals surface area (Å²) in [6.45, 7) is 6.02. The maximum Gasteiger partial charge on any atom is 0.419 e. The molecule has 4 atom stereocenters. The third-order valence-electron chi connectivity index (χ3n) is 13.5. The van der Waals surface area contributed by atoms with E-state index in [9.17, 15) is 44.7 Å². The number of carbonyl (C=O) groups is 2. The van der Waals surface area contributed by atoms with E-state index in [2.05, 4.69) is 15.1 Å². The molecule has 2 heterocycles. The van der Waals surface area contributed by atoms with Crippen LogP contribution in [0, 0.1) is 11.6 Å². The highest BCUT2D eigenvalue weighted by atomic mass is 35.5. The second-order valence-corrected chi connectivity index (χ2v) is 21.6. The number of likely N-dealkylation sites (N-methyl/N-ethyl adjacent to an activating group) is 3. The van der Waals surface area contributed by atoms with Gasteiger partial charge in [-0.2, -0.15) is 26.3 Å². The Balaban J connectivity index is 0.000000277. The first-order valence-corrected chi connectivity index (χ1v) is 25.9. The van der Waals surface area contributed by atoms with E-state index in [0.29, 0.717) is 57.4 Å². The minimum atomic E-state index is -4.75. The number of amides is 2. The van der Waals surface area contributed by atoms with Gasteiger partial charge in [-0.3, -0.25) is 24.3 Å². The van der Waals surface area contributed by atoms with Gasteiger partial charge in [-0.25, -0.2) is 8.78 Å². The fraction of sp³-hybridized carbons (Fsp3) is 0.509. The number of halogens is 12. The number of nitrogens with one attached hydrogen (secondary N) is 1. The zero-order valence-corrected chi connectivity index (χ0v) is 46.1. The molecule has 2 aliphatic heterocycles. The number of hydrogen-bond donors (Lipinski definition) is 1. The zero-order valence-electron chi connectivity index (χ0n) is 43.1. The van der Waals surface area contributed by atoms with Crippen molar-refractivity contribution in [1.82, 2.24) is 39.6 Å². The van der Waals surface area contributed by atoms with Crippen molar-refractivity contribution in [3.63, 3.8) is 0 Å². The van der Waals surface area contributed by atoms with Crippen LogP contribution >= 0.6 is 46.4 Å². The minimum absolute atomic E-state index is 0.00103. The lowest BCUT2D eigenvalue weighted by molar-refractivity contribution is -0.140. The van der Waals surface area contributed by atoms with Gasteiger partial charge >= 0.3 is 12.4 Å². The van der Waals surface area contributed by atoms with E-state index in [0.717, 1.165) is 74.4 Å². The van der Waals surface area contributed by atoms with Crippen LogP contribution in [-0.2, 0) is 35.0 Å². The Kier molecular flexibility index (Phi) is 22.9. The molecule has 4 unspecified atom stereocenters. The third-order valence-corrected chi connectivity index (χ3v) is 15.0. The van der Waals surface area contributed by atoms with Gasteiger partial charge in [-0.15, -0.1) is 0 Å². The molecule has 0 aromatic heterocycles. The molecule has 10 nitrogen and oxygen atoms in total. The van der Waals surface area contributed by atoms with E-state index in [1.165, 1.54) is 12.1 Å². The predicted octanol–water partition coefficient (Wildman–Crippen LogP) is 10.6. The normalized spacial score (nSPS) is 18.3. The van der Waals surface area contributed by atoms with Crippen molar-refractivity contribution in [2.75, 3.05) is 115 Å². The molecule has 0 spiro atoms. The Morgan fingerprint density at radius 1 is 0.560 bits per heavy atom. The number of alkyl halides is 6. The average molecular weight is 1140 g/mol. The third kappa shape index (κ3) is 18.1. The van der Waals surface area contributed by atoms with Crippen LogP contribution < -0.4 is 5.32 Å². The quantitative estimate of drug-likeness (QED) is 0.0694. The second-order valence-electron chi connectivity index (χ2n) is 20.0. The van der Waals surface area contributed by atoms with Crippen LogP contribution in [0.1, 0.15) is 58.1 Å². The number of benzene rings is 4. The van der Waals surface area contributed by atoms with E-state index in [1.54, 1.807) is 29.2 Å². The van der Waals surface area contributed by atoms with Gasteiger partial charge in [0, 0.05) is 63.2 Å². The molecule has 75 heavy (non-hydrogen) atoms. The molecule has 1 N–H and O–H groups in total. The SMILES string of the molecule is CN(C)CCCN(C)CC(=O)N1CC(c2ccc(Cl)c(Cl)c2)C(N(C)Cc2ccc(C(F)(F)F)c(F)c2)C1.CN(C)CCCNCC(=O)N1CC(c2ccc(Cl)c(Cl)c2)C(N(C)Cc2ccc(C(F)(F)F)c(F)c2)C1. The van der Waals surface area contributed by atoms with Crippen molar-refractivity contribution in [2.45, 2.75) is 62.2 Å². The molecule has 2 amide bonds. The molecule has 2 saturated heterocycles. The molecule has 2 aliphatic rings. The van der Waals surface area contributed by atoms with Gasteiger partial charge in [-0.05, 0) is 159 Å². The minimum Gasteiger partial charge on any atom is -0.339 e. The van der Waals surface area contributed by atoms with Crippen molar-refractivity contribution in [3.8, 4) is 0 Å². The van der Waals surface area contributed by atoms with Crippen molar-refractivity contribution < 1.29 is 44.7 Å². The van der Waals surface area contributed by atoms with E-state index in [4.69, 9.17) is 46.4 Å². The summed E-state index contributed by atoms with van der Waals surface area (Å²) in [6.07, 6.45) is -7.64. The van der Waals surface area contributed by atoms with E-state index < -0.39 is 35.1 Å². The van der Waals surface area contributed by atoms with Gasteiger partial charge < -0.3 is 24.9 Å². The molecule has 0 saturated carbocycles. The van der Waals surface area contributed by atoms with Gasteiger partial charge in [0.2, 0.25) is 11.8 Å².